The molecule has 1 fully saturated rings. The molecule has 9 heteroatoms. The minimum absolute atomic E-state index is 0.197. The lowest BCUT2D eigenvalue weighted by Crippen LogP contribution is -2.60. The van der Waals surface area contributed by atoms with Crippen molar-refractivity contribution in [3.8, 4) is 0 Å². The molecule has 0 aromatic rings. The zero-order valence-electron chi connectivity index (χ0n) is 44.0. The van der Waals surface area contributed by atoms with E-state index in [2.05, 4.69) is 129 Å². The van der Waals surface area contributed by atoms with Crippen LogP contribution in [0.4, 0.5) is 0 Å². The fourth-order valence-electron chi connectivity index (χ4n) is 7.89. The van der Waals surface area contributed by atoms with Gasteiger partial charge in [0.1, 0.15) is 24.4 Å². The molecule has 1 rings (SSSR count). The van der Waals surface area contributed by atoms with E-state index >= 15 is 0 Å². The standard InChI is InChI=1S/C61H101NO8/c1-3-5-7-9-11-13-15-16-17-18-19-20-21-22-23-24-25-26-27-28-29-30-31-32-33-34-35-36-37-38-39-40-41-43-45-47-49-51-57(65)62-54(53-69-61-60(68)59(67)58(66)56(52-63)70-61)55(64)50-48-46-44-42-14-12-10-8-6-4-2/h5,7,11,13-14,16-17,19-20,22-23,25-26,28-29,31-32,42,48,50,54-56,58-61,63-64,66-68H,3-4,6,8-10,12,15,18,21,24,27,30,33-41,43-47,49,51-53H2,1-2H3,(H,62,65)/b7-5-,13-11-,17-16-,20-19-,23-22-,26-25-,29-28-,32-31-,42-14+,50-48+. The van der Waals surface area contributed by atoms with Crippen molar-refractivity contribution < 1.29 is 39.8 Å². The van der Waals surface area contributed by atoms with Gasteiger partial charge in [0.2, 0.25) is 5.91 Å². The number of aliphatic hydroxyl groups is 5. The van der Waals surface area contributed by atoms with E-state index in [4.69, 9.17) is 9.47 Å². The molecule has 7 unspecified atom stereocenters. The summed E-state index contributed by atoms with van der Waals surface area (Å²) in [5, 5.41) is 54.2. The minimum Gasteiger partial charge on any atom is -0.394 e. The third-order valence-corrected chi connectivity index (χ3v) is 12.3. The van der Waals surface area contributed by atoms with Gasteiger partial charge in [-0.05, 0) is 96.3 Å². The molecule has 0 aliphatic carbocycles. The Hall–Kier alpha value is -3.41. The summed E-state index contributed by atoms with van der Waals surface area (Å²) in [6, 6.07) is -0.828. The molecule has 1 aliphatic rings. The number of carbonyl (C=O) groups is 1. The summed E-state index contributed by atoms with van der Waals surface area (Å²) in [5.41, 5.74) is 0. The largest absolute Gasteiger partial charge is 0.394 e. The third-order valence-electron chi connectivity index (χ3n) is 12.3. The SMILES string of the molecule is CC/C=C\C/C=C\C/C=C\C/C=C\C/C=C\C/C=C\C/C=C\C/C=C\CCCCCCCCCCCCCCC(=O)NC(COC1OC(CO)C(O)C(O)C1O)C(O)/C=C/CC/C=C/CCCCCC. The summed E-state index contributed by atoms with van der Waals surface area (Å²) in [4.78, 5) is 13.0. The van der Waals surface area contributed by atoms with Crippen LogP contribution in [0, 0.1) is 0 Å². The van der Waals surface area contributed by atoms with E-state index in [0.29, 0.717) is 6.42 Å². The van der Waals surface area contributed by atoms with Crippen molar-refractivity contribution in [1.82, 2.24) is 5.32 Å². The Balaban J connectivity index is 2.13. The van der Waals surface area contributed by atoms with Gasteiger partial charge >= 0.3 is 0 Å². The fourth-order valence-corrected chi connectivity index (χ4v) is 7.89. The van der Waals surface area contributed by atoms with E-state index in [1.165, 1.54) is 89.9 Å². The highest BCUT2D eigenvalue weighted by Gasteiger charge is 2.44. The van der Waals surface area contributed by atoms with Crippen LogP contribution < -0.4 is 5.32 Å². The van der Waals surface area contributed by atoms with Crippen molar-refractivity contribution in [2.75, 3.05) is 13.2 Å². The van der Waals surface area contributed by atoms with Gasteiger partial charge in [-0.2, -0.15) is 0 Å². The van der Waals surface area contributed by atoms with E-state index in [-0.39, 0.29) is 12.5 Å². The molecule has 0 aromatic heterocycles. The van der Waals surface area contributed by atoms with Crippen molar-refractivity contribution in [2.24, 2.45) is 0 Å². The second-order valence-electron chi connectivity index (χ2n) is 18.6. The third kappa shape index (κ3) is 38.3. The molecule has 1 heterocycles. The molecule has 9 nitrogen and oxygen atoms in total. The Kier molecular flexibility index (Phi) is 45.4. The normalized spacial score (nSPS) is 20.4. The number of hydrogen-bond donors (Lipinski definition) is 6. The van der Waals surface area contributed by atoms with Crippen molar-refractivity contribution in [2.45, 2.75) is 243 Å². The molecule has 7 atom stereocenters. The molecular weight excluding hydrogens is 875 g/mol. The number of nitrogens with one attached hydrogen (secondary N) is 1. The lowest BCUT2D eigenvalue weighted by atomic mass is 9.99. The van der Waals surface area contributed by atoms with Crippen LogP contribution in [0.1, 0.15) is 200 Å². The lowest BCUT2D eigenvalue weighted by molar-refractivity contribution is -0.302. The van der Waals surface area contributed by atoms with E-state index in [0.717, 1.165) is 89.9 Å². The number of carbonyl (C=O) groups excluding carboxylic acids is 1. The first kappa shape index (κ1) is 64.6. The number of amides is 1. The number of aliphatic hydroxyl groups excluding tert-OH is 5. The maximum atomic E-state index is 13.0. The average Bonchev–Trinajstić information content (AvgIpc) is 3.36. The number of allylic oxidation sites excluding steroid dienone is 19. The van der Waals surface area contributed by atoms with Crippen LogP contribution in [-0.4, -0.2) is 87.5 Å². The van der Waals surface area contributed by atoms with Crippen molar-refractivity contribution >= 4 is 5.91 Å². The highest BCUT2D eigenvalue weighted by molar-refractivity contribution is 5.76. The van der Waals surface area contributed by atoms with Crippen LogP contribution in [0.25, 0.3) is 0 Å². The first-order valence-electron chi connectivity index (χ1n) is 27.8. The van der Waals surface area contributed by atoms with Crippen LogP contribution in [0.15, 0.2) is 122 Å². The quantitative estimate of drug-likeness (QED) is 0.0261. The number of hydrogen-bond acceptors (Lipinski definition) is 8. The highest BCUT2D eigenvalue weighted by atomic mass is 16.7. The van der Waals surface area contributed by atoms with Gasteiger partial charge in [0, 0.05) is 6.42 Å². The molecule has 0 radical (unpaired) electrons. The number of rotatable bonds is 45. The summed E-state index contributed by atoms with van der Waals surface area (Å²) in [5.74, 6) is -0.197. The molecule has 398 valence electrons. The molecular formula is C61H101NO8. The first-order valence-corrected chi connectivity index (χ1v) is 27.8. The zero-order valence-corrected chi connectivity index (χ0v) is 44.0. The van der Waals surface area contributed by atoms with Gasteiger partial charge in [-0.25, -0.2) is 0 Å². The molecule has 1 aliphatic heterocycles. The molecule has 1 saturated heterocycles. The summed E-state index contributed by atoms with van der Waals surface area (Å²) in [6.07, 6.45) is 67.1. The number of unbranched alkanes of at least 4 members (excludes halogenated alkanes) is 17. The molecule has 70 heavy (non-hydrogen) atoms. The van der Waals surface area contributed by atoms with Crippen LogP contribution >= 0.6 is 0 Å². The van der Waals surface area contributed by atoms with Crippen LogP contribution in [0.5, 0.6) is 0 Å². The van der Waals surface area contributed by atoms with E-state index < -0.39 is 49.5 Å². The number of ether oxygens (including phenoxy) is 2. The molecule has 0 aromatic carbocycles. The second-order valence-corrected chi connectivity index (χ2v) is 18.6. The van der Waals surface area contributed by atoms with Crippen LogP contribution in [0.3, 0.4) is 0 Å². The van der Waals surface area contributed by atoms with Gasteiger partial charge in [0.05, 0.1) is 25.4 Å². The van der Waals surface area contributed by atoms with Gasteiger partial charge in [-0.1, -0.05) is 219 Å². The second kappa shape index (κ2) is 49.2. The van der Waals surface area contributed by atoms with Crippen LogP contribution in [0.2, 0.25) is 0 Å². The molecule has 6 N–H and O–H groups in total. The molecule has 0 spiro atoms. The van der Waals surface area contributed by atoms with Gasteiger partial charge in [-0.3, -0.25) is 4.79 Å². The van der Waals surface area contributed by atoms with Gasteiger partial charge in [-0.15, -0.1) is 0 Å². The molecule has 1 amide bonds. The molecule has 0 bridgehead atoms. The lowest BCUT2D eigenvalue weighted by Gasteiger charge is -2.40. The first-order chi connectivity index (χ1) is 34.3. The Labute approximate surface area is 427 Å². The monoisotopic (exact) mass is 976 g/mol. The maximum Gasteiger partial charge on any atom is 0.220 e. The predicted octanol–water partition coefficient (Wildman–Crippen LogP) is 13.6. The fraction of sp³-hybridized carbons (Fsp3) is 0.656. The van der Waals surface area contributed by atoms with Crippen molar-refractivity contribution in [3.05, 3.63) is 122 Å². The maximum absolute atomic E-state index is 13.0. The minimum atomic E-state index is -1.58. The smallest absolute Gasteiger partial charge is 0.220 e. The molecule has 0 saturated carbocycles. The summed E-state index contributed by atoms with van der Waals surface area (Å²) < 4.78 is 11.2. The average molecular weight is 976 g/mol. The Morgan fingerprint density at radius 1 is 0.500 bits per heavy atom. The predicted molar refractivity (Wildman–Crippen MR) is 294 cm³/mol. The zero-order chi connectivity index (χ0) is 50.8. The summed E-state index contributed by atoms with van der Waals surface area (Å²) in [6.45, 7) is 3.59. The topological polar surface area (TPSA) is 149 Å². The van der Waals surface area contributed by atoms with Crippen LogP contribution in [-0.2, 0) is 14.3 Å². The van der Waals surface area contributed by atoms with Gasteiger partial charge < -0.3 is 40.3 Å². The Bertz CT molecular complexity index is 1510. The summed E-state index contributed by atoms with van der Waals surface area (Å²) >= 11 is 0. The van der Waals surface area contributed by atoms with Crippen molar-refractivity contribution in [3.63, 3.8) is 0 Å². The van der Waals surface area contributed by atoms with Gasteiger partial charge in [0.15, 0.2) is 6.29 Å². The highest BCUT2D eigenvalue weighted by Crippen LogP contribution is 2.22. The Morgan fingerprint density at radius 3 is 1.37 bits per heavy atom. The summed E-state index contributed by atoms with van der Waals surface area (Å²) in [7, 11) is 0. The Morgan fingerprint density at radius 2 is 0.900 bits per heavy atom. The van der Waals surface area contributed by atoms with E-state index in [1.54, 1.807) is 6.08 Å². The van der Waals surface area contributed by atoms with Gasteiger partial charge in [0.25, 0.3) is 0 Å². The van der Waals surface area contributed by atoms with Crippen molar-refractivity contribution in [1.29, 1.82) is 0 Å². The van der Waals surface area contributed by atoms with E-state index in [9.17, 15) is 30.3 Å². The van der Waals surface area contributed by atoms with E-state index in [1.807, 2.05) is 6.08 Å².